The van der Waals surface area contributed by atoms with Crippen LogP contribution >= 0.6 is 7.26 Å². The summed E-state index contributed by atoms with van der Waals surface area (Å²) in [5.74, 6) is -2.04. The molecule has 2 aromatic carbocycles. The Morgan fingerprint density at radius 2 is 1.28 bits per heavy atom. The highest BCUT2D eigenvalue weighted by atomic mass is 32.2. The number of rotatable bonds is 12. The summed E-state index contributed by atoms with van der Waals surface area (Å²) >= 11 is 0. The van der Waals surface area contributed by atoms with E-state index in [1.165, 1.54) is 30.2 Å². The van der Waals surface area contributed by atoms with Crippen LogP contribution in [-0.2, 0) is 25.8 Å². The van der Waals surface area contributed by atoms with Gasteiger partial charge in [-0.3, -0.25) is 0 Å². The van der Waals surface area contributed by atoms with E-state index < -0.39 is 47.4 Å². The minimum atomic E-state index is -4.92. The van der Waals surface area contributed by atoms with Crippen LogP contribution in [0.5, 0.6) is 0 Å². The zero-order valence-electron chi connectivity index (χ0n) is 20.9. The normalized spacial score (nSPS) is 11.3. The van der Waals surface area contributed by atoms with E-state index in [0.717, 1.165) is 18.2 Å². The molecule has 2 N–H and O–H groups in total. The smallest absolute Gasteiger partial charge is 0.338 e. The van der Waals surface area contributed by atoms with Gasteiger partial charge in [0.15, 0.2) is 0 Å². The van der Waals surface area contributed by atoms with Crippen molar-refractivity contribution in [3.8, 4) is 0 Å². The maximum Gasteiger partial charge on any atom is 0.338 e. The van der Waals surface area contributed by atoms with Crippen LogP contribution in [0.4, 0.5) is 0 Å². The van der Waals surface area contributed by atoms with Crippen molar-refractivity contribution in [1.82, 2.24) is 0 Å². The molecule has 0 aliphatic carbocycles. The molecule has 0 aromatic heterocycles. The molecule has 0 amide bonds. The number of hydrogen-bond acceptors (Lipinski definition) is 9. The van der Waals surface area contributed by atoms with Crippen molar-refractivity contribution in [2.75, 3.05) is 44.9 Å². The summed E-state index contributed by atoms with van der Waals surface area (Å²) in [6.07, 6.45) is 5.54. The van der Waals surface area contributed by atoms with Gasteiger partial charge in [-0.2, -0.15) is 0 Å². The van der Waals surface area contributed by atoms with E-state index in [4.69, 9.17) is 10.2 Å². The fraction of sp³-hybridized carbons (Fsp3) is 0.440. The van der Waals surface area contributed by atoms with E-state index in [1.807, 2.05) is 0 Å². The van der Waals surface area contributed by atoms with Gasteiger partial charge < -0.3 is 24.2 Å². The molecule has 36 heavy (non-hydrogen) atoms. The second kappa shape index (κ2) is 15.7. The molecule has 11 heteroatoms. The Morgan fingerprint density at radius 1 is 0.833 bits per heavy atom. The number of aliphatic hydroxyl groups is 2. The summed E-state index contributed by atoms with van der Waals surface area (Å²) in [7, 11) is -5.58. The minimum absolute atomic E-state index is 0.336. The van der Waals surface area contributed by atoms with E-state index in [2.05, 4.69) is 60.6 Å². The SMILES string of the molecule is CC[P+](CC)(CC)Cc1ccccc1.O=C(OCCO)c1cc(C(=O)OCCO)cc(S(=O)(=O)[O-])c1. The lowest BCUT2D eigenvalue weighted by atomic mass is 10.1. The Bertz CT molecular complexity index is 1020. The third-order valence-electron chi connectivity index (χ3n) is 5.69. The highest BCUT2D eigenvalue weighted by Gasteiger charge is 2.30. The summed E-state index contributed by atoms with van der Waals surface area (Å²) in [5.41, 5.74) is 0.814. The van der Waals surface area contributed by atoms with E-state index in [0.29, 0.717) is 0 Å². The van der Waals surface area contributed by atoms with E-state index in [9.17, 15) is 22.6 Å². The van der Waals surface area contributed by atoms with Crippen molar-refractivity contribution in [3.05, 3.63) is 65.2 Å². The van der Waals surface area contributed by atoms with E-state index in [-0.39, 0.29) is 24.3 Å². The lowest BCUT2D eigenvalue weighted by molar-refractivity contribution is 0.0429. The average molecular weight is 543 g/mol. The zero-order chi connectivity index (χ0) is 27.2. The molecule has 0 radical (unpaired) electrons. The number of aliphatic hydroxyl groups excluding tert-OH is 2. The maximum absolute atomic E-state index is 11.6. The molecular formula is C25H35O9PS. The third kappa shape index (κ3) is 10.3. The first-order valence-corrected chi connectivity index (χ1v) is 15.6. The molecule has 2 rings (SSSR count). The van der Waals surface area contributed by atoms with Gasteiger partial charge in [-0.15, -0.1) is 0 Å². The maximum atomic E-state index is 11.6. The van der Waals surface area contributed by atoms with Gasteiger partial charge in [-0.25, -0.2) is 18.0 Å². The molecule has 0 saturated heterocycles. The van der Waals surface area contributed by atoms with Crippen LogP contribution in [0.1, 0.15) is 47.1 Å². The molecule has 0 aliphatic heterocycles. The number of hydrogen-bond donors (Lipinski definition) is 2. The molecule has 200 valence electrons. The van der Waals surface area contributed by atoms with Crippen LogP contribution in [0.15, 0.2) is 53.4 Å². The molecule has 0 fully saturated rings. The van der Waals surface area contributed by atoms with Gasteiger partial charge in [-0.1, -0.05) is 30.3 Å². The van der Waals surface area contributed by atoms with Gasteiger partial charge in [-0.05, 0) is 44.5 Å². The fourth-order valence-corrected chi connectivity index (χ4v) is 6.94. The molecule has 9 nitrogen and oxygen atoms in total. The number of carbonyl (C=O) groups excluding carboxylic acids is 2. The molecule has 0 unspecified atom stereocenters. The lowest BCUT2D eigenvalue weighted by Crippen LogP contribution is -2.14. The van der Waals surface area contributed by atoms with Crippen LogP contribution in [0.2, 0.25) is 0 Å². The minimum Gasteiger partial charge on any atom is -0.744 e. The van der Waals surface area contributed by atoms with Crippen molar-refractivity contribution >= 4 is 29.3 Å². The Kier molecular flexibility index (Phi) is 13.8. The monoisotopic (exact) mass is 542 g/mol. The molecule has 0 saturated carbocycles. The zero-order valence-corrected chi connectivity index (χ0v) is 22.6. The second-order valence-electron chi connectivity index (χ2n) is 7.85. The van der Waals surface area contributed by atoms with Crippen molar-refractivity contribution in [3.63, 3.8) is 0 Å². The lowest BCUT2D eigenvalue weighted by Gasteiger charge is -2.23. The van der Waals surface area contributed by atoms with E-state index >= 15 is 0 Å². The number of esters is 2. The van der Waals surface area contributed by atoms with Crippen LogP contribution in [0.25, 0.3) is 0 Å². The van der Waals surface area contributed by atoms with Crippen LogP contribution in [-0.4, -0.2) is 80.0 Å². The molecule has 0 spiro atoms. The molecule has 0 aliphatic rings. The Labute approximate surface area is 213 Å². The van der Waals surface area contributed by atoms with Crippen molar-refractivity contribution in [2.45, 2.75) is 31.8 Å². The van der Waals surface area contributed by atoms with Crippen LogP contribution in [0.3, 0.4) is 0 Å². The summed E-state index contributed by atoms with van der Waals surface area (Å²) in [6, 6.07) is 13.5. The topological polar surface area (TPSA) is 150 Å². The summed E-state index contributed by atoms with van der Waals surface area (Å²) in [6.45, 7) is 5.53. The standard InChI is InChI=1S/C13H22P.C12H14O9S/c1-4-14(5-2,6-3)12-13-10-8-7-9-11-13;13-1-3-20-11(15)8-5-9(12(16)21-4-2-14)7-10(6-8)22(17,18)19/h7-11H,4-6,12H2,1-3H3;5-7,13-14H,1-4H2,(H,17,18,19)/q+1;/p-1. The summed E-state index contributed by atoms with van der Waals surface area (Å²) < 4.78 is 42.4. The van der Waals surface area contributed by atoms with Crippen molar-refractivity contribution in [2.24, 2.45) is 0 Å². The summed E-state index contributed by atoms with van der Waals surface area (Å²) in [4.78, 5) is 22.5. The first-order chi connectivity index (χ1) is 17.1. The highest BCUT2D eigenvalue weighted by molar-refractivity contribution is 7.85. The molecule has 0 atom stereocenters. The van der Waals surface area contributed by atoms with Gasteiger partial charge in [0.1, 0.15) is 23.3 Å². The van der Waals surface area contributed by atoms with Gasteiger partial charge in [0.05, 0.1) is 53.9 Å². The van der Waals surface area contributed by atoms with Gasteiger partial charge in [0.2, 0.25) is 0 Å². The largest absolute Gasteiger partial charge is 0.744 e. The molecule has 0 heterocycles. The van der Waals surface area contributed by atoms with Gasteiger partial charge in [0.25, 0.3) is 0 Å². The molecular weight excluding hydrogens is 507 g/mol. The Hall–Kier alpha value is -2.36. The molecule has 0 bridgehead atoms. The predicted molar refractivity (Wildman–Crippen MR) is 138 cm³/mol. The summed E-state index contributed by atoms with van der Waals surface area (Å²) in [5, 5.41) is 17.1. The van der Waals surface area contributed by atoms with Gasteiger partial charge >= 0.3 is 11.9 Å². The number of benzene rings is 2. The Morgan fingerprint density at radius 3 is 1.64 bits per heavy atom. The van der Waals surface area contributed by atoms with E-state index in [1.54, 1.807) is 0 Å². The third-order valence-corrected chi connectivity index (χ3v) is 11.6. The van der Waals surface area contributed by atoms with Gasteiger partial charge in [0, 0.05) is 7.26 Å². The van der Waals surface area contributed by atoms with Crippen molar-refractivity contribution < 1.29 is 42.2 Å². The van der Waals surface area contributed by atoms with Crippen LogP contribution in [0, 0.1) is 0 Å². The predicted octanol–water partition coefficient (Wildman–Crippen LogP) is 3.15. The Balaban J connectivity index is 0.000000397. The first-order valence-electron chi connectivity index (χ1n) is 11.6. The number of carbonyl (C=O) groups is 2. The number of ether oxygens (including phenoxy) is 2. The quantitative estimate of drug-likeness (QED) is 0.234. The second-order valence-corrected chi connectivity index (χ2v) is 14.1. The average Bonchev–Trinajstić information content (AvgIpc) is 2.89. The van der Waals surface area contributed by atoms with Crippen molar-refractivity contribution in [1.29, 1.82) is 0 Å². The highest BCUT2D eigenvalue weighted by Crippen LogP contribution is 2.60. The van der Waals surface area contributed by atoms with Crippen LogP contribution < -0.4 is 0 Å². The first kappa shape index (κ1) is 31.7. The fourth-order valence-electron chi connectivity index (χ4n) is 3.40. The molecule has 2 aromatic rings.